The zero-order valence-electron chi connectivity index (χ0n) is 10.0. The molecule has 0 aliphatic carbocycles. The maximum Gasteiger partial charge on any atom is 0.224 e. The Morgan fingerprint density at radius 3 is 2.94 bits per heavy atom. The highest BCUT2D eigenvalue weighted by Crippen LogP contribution is 2.05. The quantitative estimate of drug-likeness (QED) is 0.703. The number of aromatic nitrogens is 1. The number of anilines is 1. The lowest BCUT2D eigenvalue weighted by atomic mass is 10.2. The van der Waals surface area contributed by atoms with Crippen LogP contribution in [0.2, 0.25) is 0 Å². The molecular formula is C12H20N4O. The molecule has 0 spiro atoms. The number of piperazine rings is 1. The summed E-state index contributed by atoms with van der Waals surface area (Å²) in [4.78, 5) is 16.9. The van der Waals surface area contributed by atoms with Crippen LogP contribution in [0.4, 0.5) is 5.69 Å². The molecule has 3 N–H and O–H groups in total. The summed E-state index contributed by atoms with van der Waals surface area (Å²) in [6.45, 7) is 5.34. The van der Waals surface area contributed by atoms with Gasteiger partial charge in [-0.15, -0.1) is 0 Å². The number of nitrogens with zero attached hydrogens (tertiary/aromatic N) is 1. The number of hydrogen-bond acceptors (Lipinski definition) is 3. The van der Waals surface area contributed by atoms with Crippen LogP contribution in [0.25, 0.3) is 0 Å². The Kier molecular flexibility index (Phi) is 4.58. The number of hydrogen-bond donors (Lipinski definition) is 3. The van der Waals surface area contributed by atoms with Crippen LogP contribution in [0.3, 0.4) is 0 Å². The second-order valence-electron chi connectivity index (χ2n) is 4.34. The molecule has 0 bridgehead atoms. The van der Waals surface area contributed by atoms with Gasteiger partial charge in [-0.25, -0.2) is 0 Å². The molecular weight excluding hydrogens is 216 g/mol. The van der Waals surface area contributed by atoms with E-state index >= 15 is 0 Å². The van der Waals surface area contributed by atoms with Crippen molar-refractivity contribution < 1.29 is 4.79 Å². The van der Waals surface area contributed by atoms with E-state index in [-0.39, 0.29) is 5.91 Å². The summed E-state index contributed by atoms with van der Waals surface area (Å²) in [5, 5.41) is 6.18. The van der Waals surface area contributed by atoms with Gasteiger partial charge in [0.15, 0.2) is 0 Å². The Morgan fingerprint density at radius 1 is 1.41 bits per heavy atom. The second-order valence-corrected chi connectivity index (χ2v) is 4.34. The number of carbonyl (C=O) groups is 1. The van der Waals surface area contributed by atoms with Gasteiger partial charge in [-0.2, -0.15) is 0 Å². The molecule has 5 heteroatoms. The molecule has 1 amide bonds. The Labute approximate surface area is 102 Å². The summed E-state index contributed by atoms with van der Waals surface area (Å²) in [5.74, 6) is 0.0970. The van der Waals surface area contributed by atoms with E-state index in [4.69, 9.17) is 0 Å². The van der Waals surface area contributed by atoms with Crippen molar-refractivity contribution in [2.75, 3.05) is 38.0 Å². The summed E-state index contributed by atoms with van der Waals surface area (Å²) in [6, 6.07) is 1.86. The molecule has 1 aliphatic heterocycles. The monoisotopic (exact) mass is 236 g/mol. The Bertz CT molecular complexity index is 330. The third-order valence-electron chi connectivity index (χ3n) is 2.97. The van der Waals surface area contributed by atoms with Crippen LogP contribution in [0.5, 0.6) is 0 Å². The van der Waals surface area contributed by atoms with Crippen LogP contribution < -0.4 is 10.6 Å². The summed E-state index contributed by atoms with van der Waals surface area (Å²) >= 11 is 0. The minimum absolute atomic E-state index is 0.0970. The fraction of sp³-hybridized carbons (Fsp3) is 0.583. The molecule has 5 nitrogen and oxygen atoms in total. The van der Waals surface area contributed by atoms with Gasteiger partial charge >= 0.3 is 0 Å². The SMILES string of the molecule is O=C(CCCN1CCNCC1)Nc1cc[nH]c1. The minimum Gasteiger partial charge on any atom is -0.366 e. The van der Waals surface area contributed by atoms with Gasteiger partial charge in [0.25, 0.3) is 0 Å². The molecule has 1 aliphatic rings. The van der Waals surface area contributed by atoms with E-state index in [0.29, 0.717) is 6.42 Å². The van der Waals surface area contributed by atoms with E-state index in [9.17, 15) is 4.79 Å². The van der Waals surface area contributed by atoms with Crippen molar-refractivity contribution >= 4 is 11.6 Å². The number of amides is 1. The summed E-state index contributed by atoms with van der Waals surface area (Å²) in [5.41, 5.74) is 0.845. The van der Waals surface area contributed by atoms with Gasteiger partial charge in [0, 0.05) is 45.0 Å². The zero-order chi connectivity index (χ0) is 11.9. The van der Waals surface area contributed by atoms with Gasteiger partial charge < -0.3 is 20.5 Å². The Balaban J connectivity index is 1.59. The van der Waals surface area contributed by atoms with Crippen molar-refractivity contribution in [2.45, 2.75) is 12.8 Å². The molecule has 0 aromatic carbocycles. The highest BCUT2D eigenvalue weighted by atomic mass is 16.1. The van der Waals surface area contributed by atoms with Gasteiger partial charge in [-0.05, 0) is 19.0 Å². The third kappa shape index (κ3) is 4.20. The van der Waals surface area contributed by atoms with Crippen LogP contribution >= 0.6 is 0 Å². The van der Waals surface area contributed by atoms with Crippen molar-refractivity contribution in [3.05, 3.63) is 18.5 Å². The molecule has 0 saturated carbocycles. The van der Waals surface area contributed by atoms with Crippen molar-refractivity contribution in [3.8, 4) is 0 Å². The van der Waals surface area contributed by atoms with Crippen LogP contribution in [0.1, 0.15) is 12.8 Å². The highest BCUT2D eigenvalue weighted by Gasteiger charge is 2.09. The minimum atomic E-state index is 0.0970. The molecule has 1 aromatic rings. The van der Waals surface area contributed by atoms with Crippen LogP contribution in [-0.4, -0.2) is 48.5 Å². The number of carbonyl (C=O) groups excluding carboxylic acids is 1. The normalized spacial score (nSPS) is 16.9. The maximum absolute atomic E-state index is 11.6. The fourth-order valence-corrected chi connectivity index (χ4v) is 2.02. The molecule has 2 rings (SSSR count). The van der Waals surface area contributed by atoms with Crippen LogP contribution in [-0.2, 0) is 4.79 Å². The molecule has 1 aromatic heterocycles. The van der Waals surface area contributed by atoms with E-state index in [1.165, 1.54) is 0 Å². The number of aromatic amines is 1. The van der Waals surface area contributed by atoms with Crippen molar-refractivity contribution in [3.63, 3.8) is 0 Å². The van der Waals surface area contributed by atoms with E-state index in [1.807, 2.05) is 6.07 Å². The molecule has 1 saturated heterocycles. The van der Waals surface area contributed by atoms with E-state index in [2.05, 4.69) is 20.5 Å². The lowest BCUT2D eigenvalue weighted by Gasteiger charge is -2.26. The first kappa shape index (κ1) is 12.1. The smallest absolute Gasteiger partial charge is 0.224 e. The van der Waals surface area contributed by atoms with Gasteiger partial charge in [0.1, 0.15) is 0 Å². The van der Waals surface area contributed by atoms with Gasteiger partial charge in [0.05, 0.1) is 5.69 Å². The van der Waals surface area contributed by atoms with E-state index in [1.54, 1.807) is 12.4 Å². The predicted molar refractivity (Wildman–Crippen MR) is 68.0 cm³/mol. The van der Waals surface area contributed by atoms with Gasteiger partial charge in [-0.1, -0.05) is 0 Å². The number of nitrogens with one attached hydrogen (secondary N) is 3. The van der Waals surface area contributed by atoms with Crippen LogP contribution in [0.15, 0.2) is 18.5 Å². The molecule has 1 fully saturated rings. The third-order valence-corrected chi connectivity index (χ3v) is 2.97. The maximum atomic E-state index is 11.6. The molecule has 17 heavy (non-hydrogen) atoms. The van der Waals surface area contributed by atoms with Crippen molar-refractivity contribution in [1.29, 1.82) is 0 Å². The molecule has 2 heterocycles. The van der Waals surface area contributed by atoms with E-state index in [0.717, 1.165) is 44.8 Å². The average Bonchev–Trinajstić information content (AvgIpc) is 2.83. The zero-order valence-corrected chi connectivity index (χ0v) is 10.0. The number of rotatable bonds is 5. The lowest BCUT2D eigenvalue weighted by Crippen LogP contribution is -2.43. The average molecular weight is 236 g/mol. The largest absolute Gasteiger partial charge is 0.366 e. The highest BCUT2D eigenvalue weighted by molar-refractivity contribution is 5.90. The van der Waals surface area contributed by atoms with Gasteiger partial charge in [-0.3, -0.25) is 4.79 Å². The molecule has 0 radical (unpaired) electrons. The first-order chi connectivity index (χ1) is 8.34. The van der Waals surface area contributed by atoms with E-state index < -0.39 is 0 Å². The lowest BCUT2D eigenvalue weighted by molar-refractivity contribution is -0.116. The second kappa shape index (κ2) is 6.42. The van der Waals surface area contributed by atoms with Crippen molar-refractivity contribution in [1.82, 2.24) is 15.2 Å². The summed E-state index contributed by atoms with van der Waals surface area (Å²) in [6.07, 6.45) is 5.11. The summed E-state index contributed by atoms with van der Waals surface area (Å²) in [7, 11) is 0. The topological polar surface area (TPSA) is 60.2 Å². The Morgan fingerprint density at radius 2 is 2.24 bits per heavy atom. The summed E-state index contributed by atoms with van der Waals surface area (Å²) < 4.78 is 0. The Hall–Kier alpha value is -1.33. The molecule has 94 valence electrons. The first-order valence-electron chi connectivity index (χ1n) is 6.20. The molecule has 0 unspecified atom stereocenters. The molecule has 0 atom stereocenters. The fourth-order valence-electron chi connectivity index (χ4n) is 2.02. The van der Waals surface area contributed by atoms with Gasteiger partial charge in [0.2, 0.25) is 5.91 Å². The van der Waals surface area contributed by atoms with Crippen LogP contribution in [0, 0.1) is 0 Å². The standard InChI is InChI=1S/C12H20N4O/c17-12(15-11-3-4-14-10-11)2-1-7-16-8-5-13-6-9-16/h3-4,10,13-14H,1-2,5-9H2,(H,15,17). The van der Waals surface area contributed by atoms with Crippen molar-refractivity contribution in [2.24, 2.45) is 0 Å². The first-order valence-corrected chi connectivity index (χ1v) is 6.20. The number of H-pyrrole nitrogens is 1. The predicted octanol–water partition coefficient (Wildman–Crippen LogP) is 0.639.